The minimum absolute atomic E-state index is 0.353. The van der Waals surface area contributed by atoms with E-state index in [1.807, 2.05) is 44.4 Å². The number of nitrogens with one attached hydrogen (secondary N) is 1. The molecule has 112 valence electrons. The Morgan fingerprint density at radius 3 is 2.24 bits per heavy atom. The molecule has 0 amide bonds. The first-order chi connectivity index (χ1) is 10.1. The van der Waals surface area contributed by atoms with Crippen LogP contribution in [0.25, 0.3) is 0 Å². The van der Waals surface area contributed by atoms with Crippen LogP contribution in [0, 0.1) is 0 Å². The number of nitrogens with zero attached hydrogens (tertiary/aromatic N) is 1. The van der Waals surface area contributed by atoms with Crippen molar-refractivity contribution in [1.82, 2.24) is 5.32 Å². The molecule has 0 heterocycles. The van der Waals surface area contributed by atoms with Gasteiger partial charge < -0.3 is 15.3 Å². The summed E-state index contributed by atoms with van der Waals surface area (Å²) in [5.41, 5.74) is 3.59. The summed E-state index contributed by atoms with van der Waals surface area (Å²) in [4.78, 5) is 2.08. The Bertz CT molecular complexity index is 523. The number of hydrogen-bond acceptors (Lipinski definition) is 3. The topological polar surface area (TPSA) is 35.5 Å². The summed E-state index contributed by atoms with van der Waals surface area (Å²) in [7, 11) is 4.07. The highest BCUT2D eigenvalue weighted by Gasteiger charge is 2.05. The first-order valence-electron chi connectivity index (χ1n) is 7.34. The van der Waals surface area contributed by atoms with Gasteiger partial charge in [-0.05, 0) is 29.7 Å². The van der Waals surface area contributed by atoms with Crippen molar-refractivity contribution in [3.05, 3.63) is 65.7 Å². The smallest absolute Gasteiger partial charge is 0.0704 e. The zero-order valence-corrected chi connectivity index (χ0v) is 12.8. The Hall–Kier alpha value is -1.84. The molecule has 1 unspecified atom stereocenters. The number of hydrogen-bond donors (Lipinski definition) is 2. The van der Waals surface area contributed by atoms with Crippen molar-refractivity contribution in [3.63, 3.8) is 0 Å². The van der Waals surface area contributed by atoms with E-state index in [1.165, 1.54) is 16.8 Å². The Balaban J connectivity index is 1.73. The van der Waals surface area contributed by atoms with Gasteiger partial charge in [0, 0.05) is 32.9 Å². The Labute approximate surface area is 127 Å². The molecule has 0 aliphatic rings. The molecule has 2 rings (SSSR count). The average Bonchev–Trinajstić information content (AvgIpc) is 2.49. The SMILES string of the molecule is CN(C)c1ccc(CNCC(O)Cc2ccccc2)cc1. The lowest BCUT2D eigenvalue weighted by molar-refractivity contribution is 0.171. The van der Waals surface area contributed by atoms with Crippen molar-refractivity contribution in [3.8, 4) is 0 Å². The summed E-state index contributed by atoms with van der Waals surface area (Å²) >= 11 is 0. The number of aliphatic hydroxyl groups excluding tert-OH is 1. The second-order valence-electron chi connectivity index (χ2n) is 5.54. The second kappa shape index (κ2) is 7.81. The molecule has 2 aromatic rings. The van der Waals surface area contributed by atoms with Crippen LogP contribution in [0.5, 0.6) is 0 Å². The third kappa shape index (κ3) is 5.21. The molecule has 2 N–H and O–H groups in total. The highest BCUT2D eigenvalue weighted by Crippen LogP contribution is 2.12. The van der Waals surface area contributed by atoms with Gasteiger partial charge in [-0.3, -0.25) is 0 Å². The van der Waals surface area contributed by atoms with E-state index in [9.17, 15) is 5.11 Å². The van der Waals surface area contributed by atoms with Crippen LogP contribution in [0.15, 0.2) is 54.6 Å². The molecular formula is C18H24N2O. The van der Waals surface area contributed by atoms with E-state index >= 15 is 0 Å². The molecular weight excluding hydrogens is 260 g/mol. The number of anilines is 1. The van der Waals surface area contributed by atoms with Crippen LogP contribution in [0.2, 0.25) is 0 Å². The van der Waals surface area contributed by atoms with Crippen LogP contribution in [-0.4, -0.2) is 31.9 Å². The molecule has 0 aromatic heterocycles. The predicted molar refractivity (Wildman–Crippen MR) is 88.6 cm³/mol. The maximum absolute atomic E-state index is 10.0. The van der Waals surface area contributed by atoms with Gasteiger partial charge in [0.2, 0.25) is 0 Å². The molecule has 0 fully saturated rings. The molecule has 3 nitrogen and oxygen atoms in total. The Morgan fingerprint density at radius 1 is 0.952 bits per heavy atom. The summed E-state index contributed by atoms with van der Waals surface area (Å²) < 4.78 is 0. The van der Waals surface area contributed by atoms with Gasteiger partial charge in [-0.1, -0.05) is 42.5 Å². The van der Waals surface area contributed by atoms with Crippen molar-refractivity contribution in [2.75, 3.05) is 25.5 Å². The largest absolute Gasteiger partial charge is 0.391 e. The van der Waals surface area contributed by atoms with Gasteiger partial charge in [0.15, 0.2) is 0 Å². The highest BCUT2D eigenvalue weighted by atomic mass is 16.3. The van der Waals surface area contributed by atoms with Gasteiger partial charge in [0.05, 0.1) is 6.10 Å². The first kappa shape index (κ1) is 15.5. The monoisotopic (exact) mass is 284 g/mol. The molecule has 0 saturated carbocycles. The van der Waals surface area contributed by atoms with Gasteiger partial charge in [-0.2, -0.15) is 0 Å². The third-order valence-electron chi connectivity index (χ3n) is 3.48. The van der Waals surface area contributed by atoms with E-state index in [0.29, 0.717) is 13.0 Å². The van der Waals surface area contributed by atoms with Gasteiger partial charge >= 0.3 is 0 Å². The molecule has 2 aromatic carbocycles. The van der Waals surface area contributed by atoms with Gasteiger partial charge in [0.1, 0.15) is 0 Å². The standard InChI is InChI=1S/C18H24N2O/c1-20(2)17-10-8-16(9-11-17)13-19-14-18(21)12-15-6-4-3-5-7-15/h3-11,18-19,21H,12-14H2,1-2H3. The van der Waals surface area contributed by atoms with E-state index in [4.69, 9.17) is 0 Å². The van der Waals surface area contributed by atoms with Crippen LogP contribution in [0.4, 0.5) is 5.69 Å². The van der Waals surface area contributed by atoms with Crippen LogP contribution in [0.3, 0.4) is 0 Å². The first-order valence-corrected chi connectivity index (χ1v) is 7.34. The molecule has 0 spiro atoms. The molecule has 0 aliphatic carbocycles. The summed E-state index contributed by atoms with van der Waals surface area (Å²) in [6, 6.07) is 18.5. The zero-order valence-electron chi connectivity index (χ0n) is 12.8. The maximum Gasteiger partial charge on any atom is 0.0704 e. The highest BCUT2D eigenvalue weighted by molar-refractivity contribution is 5.45. The van der Waals surface area contributed by atoms with E-state index in [0.717, 1.165) is 6.54 Å². The van der Waals surface area contributed by atoms with Crippen molar-refractivity contribution in [2.45, 2.75) is 19.1 Å². The lowest BCUT2D eigenvalue weighted by Gasteiger charge is -2.14. The minimum atomic E-state index is -0.353. The van der Waals surface area contributed by atoms with Crippen molar-refractivity contribution >= 4 is 5.69 Å². The Morgan fingerprint density at radius 2 is 1.62 bits per heavy atom. The zero-order chi connectivity index (χ0) is 15.1. The third-order valence-corrected chi connectivity index (χ3v) is 3.48. The molecule has 0 bridgehead atoms. The summed E-state index contributed by atoms with van der Waals surface area (Å²) in [5.74, 6) is 0. The number of aliphatic hydroxyl groups is 1. The molecule has 0 radical (unpaired) electrons. The van der Waals surface area contributed by atoms with Gasteiger partial charge in [-0.25, -0.2) is 0 Å². The van der Waals surface area contributed by atoms with E-state index in [-0.39, 0.29) is 6.10 Å². The summed E-state index contributed by atoms with van der Waals surface area (Å²) in [6.07, 6.45) is 0.335. The van der Waals surface area contributed by atoms with Crippen molar-refractivity contribution in [1.29, 1.82) is 0 Å². The summed E-state index contributed by atoms with van der Waals surface area (Å²) in [6.45, 7) is 1.38. The lowest BCUT2D eigenvalue weighted by Crippen LogP contribution is -2.28. The van der Waals surface area contributed by atoms with Crippen LogP contribution < -0.4 is 10.2 Å². The fourth-order valence-electron chi connectivity index (χ4n) is 2.25. The second-order valence-corrected chi connectivity index (χ2v) is 5.54. The fourth-order valence-corrected chi connectivity index (χ4v) is 2.25. The predicted octanol–water partition coefficient (Wildman–Crippen LogP) is 2.45. The fraction of sp³-hybridized carbons (Fsp3) is 0.333. The normalized spacial score (nSPS) is 12.1. The molecule has 1 atom stereocenters. The summed E-state index contributed by atoms with van der Waals surface area (Å²) in [5, 5.41) is 13.3. The van der Waals surface area contributed by atoms with E-state index < -0.39 is 0 Å². The molecule has 21 heavy (non-hydrogen) atoms. The lowest BCUT2D eigenvalue weighted by atomic mass is 10.1. The van der Waals surface area contributed by atoms with E-state index in [2.05, 4.69) is 34.5 Å². The molecule has 3 heteroatoms. The minimum Gasteiger partial charge on any atom is -0.391 e. The maximum atomic E-state index is 10.0. The molecule has 0 aliphatic heterocycles. The van der Waals surface area contributed by atoms with Crippen LogP contribution in [-0.2, 0) is 13.0 Å². The average molecular weight is 284 g/mol. The Kier molecular flexibility index (Phi) is 5.78. The van der Waals surface area contributed by atoms with Crippen molar-refractivity contribution in [2.24, 2.45) is 0 Å². The van der Waals surface area contributed by atoms with Gasteiger partial charge in [0.25, 0.3) is 0 Å². The van der Waals surface area contributed by atoms with Crippen LogP contribution >= 0.6 is 0 Å². The van der Waals surface area contributed by atoms with Crippen molar-refractivity contribution < 1.29 is 5.11 Å². The van der Waals surface area contributed by atoms with Crippen LogP contribution in [0.1, 0.15) is 11.1 Å². The molecule has 0 saturated heterocycles. The van der Waals surface area contributed by atoms with E-state index in [1.54, 1.807) is 0 Å². The number of benzene rings is 2. The quantitative estimate of drug-likeness (QED) is 0.820. The number of rotatable bonds is 7. The van der Waals surface area contributed by atoms with Gasteiger partial charge in [-0.15, -0.1) is 0 Å².